The summed E-state index contributed by atoms with van der Waals surface area (Å²) in [6.07, 6.45) is 0.859. The third-order valence-electron chi connectivity index (χ3n) is 3.17. The zero-order valence-corrected chi connectivity index (χ0v) is 11.1. The summed E-state index contributed by atoms with van der Waals surface area (Å²) in [6, 6.07) is 3.70. The lowest BCUT2D eigenvalue weighted by atomic mass is 10.2. The van der Waals surface area contributed by atoms with Crippen LogP contribution in [0, 0.1) is 6.92 Å². The van der Waals surface area contributed by atoms with Gasteiger partial charge in [-0.05, 0) is 13.3 Å². The molecule has 1 aromatic heterocycles. The Kier molecular flexibility index (Phi) is 3.81. The number of carbonyl (C=O) groups is 1. The Morgan fingerprint density at radius 2 is 2.33 bits per heavy atom. The second kappa shape index (κ2) is 5.35. The quantitative estimate of drug-likeness (QED) is 0.854. The number of amides is 1. The minimum Gasteiger partial charge on any atom is -0.497 e. The lowest BCUT2D eigenvalue weighted by molar-refractivity contribution is -0.128. The van der Waals surface area contributed by atoms with Gasteiger partial charge in [0.05, 0.1) is 18.8 Å². The smallest absolute Gasteiger partial charge is 0.239 e. The van der Waals surface area contributed by atoms with Crippen molar-refractivity contribution in [3.05, 3.63) is 23.5 Å². The fourth-order valence-corrected chi connectivity index (χ4v) is 2.15. The average Bonchev–Trinajstić information content (AvgIpc) is 2.67. The van der Waals surface area contributed by atoms with E-state index in [4.69, 9.17) is 4.74 Å². The molecule has 1 unspecified atom stereocenters. The first-order valence-electron chi connectivity index (χ1n) is 6.10. The Morgan fingerprint density at radius 1 is 1.56 bits per heavy atom. The summed E-state index contributed by atoms with van der Waals surface area (Å²) < 4.78 is 5.20. The molecule has 98 valence electrons. The molecule has 1 aliphatic heterocycles. The van der Waals surface area contributed by atoms with Crippen LogP contribution in [0.5, 0.6) is 5.75 Å². The van der Waals surface area contributed by atoms with Gasteiger partial charge in [-0.1, -0.05) is 0 Å². The average molecular weight is 249 g/mol. The van der Waals surface area contributed by atoms with E-state index in [0.717, 1.165) is 30.1 Å². The first-order valence-corrected chi connectivity index (χ1v) is 6.10. The number of hydrogen-bond acceptors (Lipinski definition) is 4. The summed E-state index contributed by atoms with van der Waals surface area (Å²) in [5.74, 6) is 0.962. The van der Waals surface area contributed by atoms with Crippen molar-refractivity contribution in [1.82, 2.24) is 15.2 Å². The van der Waals surface area contributed by atoms with Crippen molar-refractivity contribution < 1.29 is 9.53 Å². The molecule has 0 spiro atoms. The maximum absolute atomic E-state index is 11.7. The number of likely N-dealkylation sites (N-methyl/N-ethyl adjacent to an activating group) is 1. The van der Waals surface area contributed by atoms with Gasteiger partial charge in [0.1, 0.15) is 5.75 Å². The third-order valence-corrected chi connectivity index (χ3v) is 3.17. The highest BCUT2D eigenvalue weighted by Crippen LogP contribution is 2.14. The van der Waals surface area contributed by atoms with Crippen LogP contribution < -0.4 is 10.1 Å². The number of likely N-dealkylation sites (tertiary alicyclic amines) is 1. The second-order valence-electron chi connectivity index (χ2n) is 4.62. The normalized spacial score (nSPS) is 19.4. The Bertz CT molecular complexity index is 448. The first-order chi connectivity index (χ1) is 8.60. The Morgan fingerprint density at radius 3 is 2.94 bits per heavy atom. The first kappa shape index (κ1) is 12.8. The van der Waals surface area contributed by atoms with Crippen molar-refractivity contribution >= 4 is 5.91 Å². The van der Waals surface area contributed by atoms with Crippen molar-refractivity contribution in [2.24, 2.45) is 0 Å². The fourth-order valence-electron chi connectivity index (χ4n) is 2.15. The van der Waals surface area contributed by atoms with Crippen LogP contribution in [0.3, 0.4) is 0 Å². The van der Waals surface area contributed by atoms with Crippen LogP contribution in [-0.4, -0.2) is 42.5 Å². The maximum Gasteiger partial charge on any atom is 0.239 e. The standard InChI is InChI=1S/C13H19N3O2/c1-9-6-11(18-3)7-10(15-9)8-14-12-4-5-16(2)13(12)17/h6-7,12,14H,4-5,8H2,1-3H3. The fraction of sp³-hybridized carbons (Fsp3) is 0.538. The maximum atomic E-state index is 11.7. The van der Waals surface area contributed by atoms with E-state index >= 15 is 0 Å². The monoisotopic (exact) mass is 249 g/mol. The van der Waals surface area contributed by atoms with E-state index in [2.05, 4.69) is 10.3 Å². The molecule has 1 atom stereocenters. The van der Waals surface area contributed by atoms with E-state index in [1.54, 1.807) is 12.0 Å². The Labute approximate surface area is 107 Å². The largest absolute Gasteiger partial charge is 0.497 e. The van der Waals surface area contributed by atoms with Gasteiger partial charge in [0, 0.05) is 38.0 Å². The minimum absolute atomic E-state index is 0.0803. The zero-order chi connectivity index (χ0) is 13.1. The van der Waals surface area contributed by atoms with Gasteiger partial charge < -0.3 is 15.0 Å². The molecule has 0 aromatic carbocycles. The second-order valence-corrected chi connectivity index (χ2v) is 4.62. The topological polar surface area (TPSA) is 54.5 Å². The number of aryl methyl sites for hydroxylation is 1. The molecule has 18 heavy (non-hydrogen) atoms. The van der Waals surface area contributed by atoms with Crippen LogP contribution in [0.2, 0.25) is 0 Å². The molecule has 2 heterocycles. The molecule has 5 nitrogen and oxygen atoms in total. The van der Waals surface area contributed by atoms with E-state index in [1.165, 1.54) is 0 Å². The molecule has 1 amide bonds. The van der Waals surface area contributed by atoms with E-state index in [-0.39, 0.29) is 11.9 Å². The van der Waals surface area contributed by atoms with Crippen LogP contribution >= 0.6 is 0 Å². The summed E-state index contributed by atoms with van der Waals surface area (Å²) in [7, 11) is 3.47. The number of nitrogens with zero attached hydrogens (tertiary/aromatic N) is 2. The van der Waals surface area contributed by atoms with Gasteiger partial charge in [0.25, 0.3) is 0 Å². The summed E-state index contributed by atoms with van der Waals surface area (Å²) in [4.78, 5) is 17.9. The van der Waals surface area contributed by atoms with E-state index in [0.29, 0.717) is 6.54 Å². The Hall–Kier alpha value is -1.62. The van der Waals surface area contributed by atoms with E-state index < -0.39 is 0 Å². The summed E-state index contributed by atoms with van der Waals surface area (Å²) in [6.45, 7) is 3.34. The highest BCUT2D eigenvalue weighted by molar-refractivity contribution is 5.83. The number of methoxy groups -OCH3 is 1. The molecule has 1 fully saturated rings. The summed E-state index contributed by atoms with van der Waals surface area (Å²) >= 11 is 0. The van der Waals surface area contributed by atoms with Gasteiger partial charge in [0.15, 0.2) is 0 Å². The number of pyridine rings is 1. The van der Waals surface area contributed by atoms with E-state index in [1.807, 2.05) is 26.1 Å². The predicted octanol–water partition coefficient (Wildman–Crippen LogP) is 0.719. The molecule has 5 heteroatoms. The predicted molar refractivity (Wildman–Crippen MR) is 68.4 cm³/mol. The van der Waals surface area contributed by atoms with Gasteiger partial charge in [-0.3, -0.25) is 9.78 Å². The number of hydrogen-bond donors (Lipinski definition) is 1. The molecule has 0 radical (unpaired) electrons. The van der Waals surface area contributed by atoms with Crippen LogP contribution in [0.25, 0.3) is 0 Å². The van der Waals surface area contributed by atoms with Gasteiger partial charge in [-0.25, -0.2) is 0 Å². The SMILES string of the molecule is COc1cc(C)nc(CNC2CCN(C)C2=O)c1. The molecule has 2 rings (SSSR count). The number of carbonyl (C=O) groups excluding carboxylic acids is 1. The van der Waals surface area contributed by atoms with Crippen LogP contribution in [0.15, 0.2) is 12.1 Å². The number of nitrogens with one attached hydrogen (secondary N) is 1. The van der Waals surface area contributed by atoms with Crippen LogP contribution in [0.4, 0.5) is 0 Å². The highest BCUT2D eigenvalue weighted by atomic mass is 16.5. The molecule has 1 aromatic rings. The van der Waals surface area contributed by atoms with Gasteiger partial charge in [-0.15, -0.1) is 0 Å². The highest BCUT2D eigenvalue weighted by Gasteiger charge is 2.28. The Balaban J connectivity index is 1.98. The van der Waals surface area contributed by atoms with Crippen molar-refractivity contribution in [3.8, 4) is 5.75 Å². The van der Waals surface area contributed by atoms with Crippen LogP contribution in [-0.2, 0) is 11.3 Å². The molecule has 1 N–H and O–H groups in total. The number of ether oxygens (including phenoxy) is 1. The minimum atomic E-state index is -0.0803. The molecular weight excluding hydrogens is 230 g/mol. The molecule has 1 saturated heterocycles. The molecule has 1 aliphatic rings. The number of rotatable bonds is 4. The van der Waals surface area contributed by atoms with Crippen molar-refractivity contribution in [3.63, 3.8) is 0 Å². The van der Waals surface area contributed by atoms with Crippen molar-refractivity contribution in [1.29, 1.82) is 0 Å². The lowest BCUT2D eigenvalue weighted by Gasteiger charge is -2.12. The molecule has 0 bridgehead atoms. The third kappa shape index (κ3) is 2.79. The van der Waals surface area contributed by atoms with Crippen LogP contribution in [0.1, 0.15) is 17.8 Å². The molecule has 0 saturated carbocycles. The summed E-state index contributed by atoms with van der Waals surface area (Å²) in [5.41, 5.74) is 1.82. The van der Waals surface area contributed by atoms with Gasteiger partial charge in [0.2, 0.25) is 5.91 Å². The van der Waals surface area contributed by atoms with Crippen molar-refractivity contribution in [2.45, 2.75) is 25.9 Å². The number of aromatic nitrogens is 1. The van der Waals surface area contributed by atoms with Gasteiger partial charge in [-0.2, -0.15) is 0 Å². The van der Waals surface area contributed by atoms with Gasteiger partial charge >= 0.3 is 0 Å². The molecule has 0 aliphatic carbocycles. The van der Waals surface area contributed by atoms with E-state index in [9.17, 15) is 4.79 Å². The molecular formula is C13H19N3O2. The summed E-state index contributed by atoms with van der Waals surface area (Å²) in [5, 5.41) is 3.25. The zero-order valence-electron chi connectivity index (χ0n) is 11.1. The lowest BCUT2D eigenvalue weighted by Crippen LogP contribution is -2.36. The van der Waals surface area contributed by atoms with Crippen molar-refractivity contribution in [2.75, 3.05) is 20.7 Å².